The van der Waals surface area contributed by atoms with Crippen LogP contribution in [-0.2, 0) is 6.18 Å². The minimum atomic E-state index is -4.60. The van der Waals surface area contributed by atoms with Gasteiger partial charge in [-0.1, -0.05) is 19.8 Å². The van der Waals surface area contributed by atoms with Gasteiger partial charge in [0.2, 0.25) is 0 Å². The first-order valence-electron chi connectivity index (χ1n) is 6.72. The molecule has 0 aliphatic heterocycles. The minimum absolute atomic E-state index is 0.0271. The summed E-state index contributed by atoms with van der Waals surface area (Å²) in [6.07, 6.45) is -1.76. The van der Waals surface area contributed by atoms with Crippen molar-refractivity contribution in [3.05, 3.63) is 18.0 Å². The van der Waals surface area contributed by atoms with E-state index in [9.17, 15) is 13.2 Å². The molecule has 1 unspecified atom stereocenters. The molecule has 0 spiro atoms. The molecular formula is C12H17F3N6. The molecule has 0 aromatic carbocycles. The Labute approximate surface area is 119 Å². The first-order chi connectivity index (χ1) is 9.95. The molecule has 0 radical (unpaired) electrons. The molecule has 0 saturated heterocycles. The molecule has 2 heterocycles. The Hall–Kier alpha value is -1.90. The summed E-state index contributed by atoms with van der Waals surface area (Å²) in [7, 11) is 0. The van der Waals surface area contributed by atoms with E-state index in [1.54, 1.807) is 6.07 Å². The van der Waals surface area contributed by atoms with E-state index >= 15 is 0 Å². The van der Waals surface area contributed by atoms with Gasteiger partial charge in [-0.25, -0.2) is 0 Å². The predicted molar refractivity (Wildman–Crippen MR) is 71.8 cm³/mol. The van der Waals surface area contributed by atoms with Gasteiger partial charge in [0.25, 0.3) is 5.82 Å². The molecular weight excluding hydrogens is 285 g/mol. The second-order valence-corrected chi connectivity index (χ2v) is 4.73. The van der Waals surface area contributed by atoms with Gasteiger partial charge in [-0.3, -0.25) is 0 Å². The molecule has 21 heavy (non-hydrogen) atoms. The molecule has 0 bridgehead atoms. The molecule has 2 rings (SSSR count). The zero-order valence-corrected chi connectivity index (χ0v) is 11.6. The summed E-state index contributed by atoms with van der Waals surface area (Å²) in [5.41, 5.74) is 5.70. The number of aromatic nitrogens is 4. The predicted octanol–water partition coefficient (Wildman–Crippen LogP) is 2.07. The highest BCUT2D eigenvalue weighted by molar-refractivity contribution is 5.44. The lowest BCUT2D eigenvalue weighted by Gasteiger charge is -2.17. The monoisotopic (exact) mass is 302 g/mol. The number of rotatable bonds is 6. The summed E-state index contributed by atoms with van der Waals surface area (Å²) < 4.78 is 39.0. The van der Waals surface area contributed by atoms with Crippen molar-refractivity contribution in [1.29, 1.82) is 0 Å². The van der Waals surface area contributed by atoms with E-state index in [1.807, 2.05) is 0 Å². The molecule has 9 heteroatoms. The van der Waals surface area contributed by atoms with Gasteiger partial charge in [0.15, 0.2) is 5.65 Å². The summed E-state index contributed by atoms with van der Waals surface area (Å²) in [5, 5.41) is 13.5. The standard InChI is InChI=1S/C12H17F3N6/c1-2-3-4-8(7-16)17-9-5-6-10-18-19-11(12(13,14)15)21(10)20-9/h5-6,8H,2-4,7,16H2,1H3,(H,17,20). The van der Waals surface area contributed by atoms with E-state index in [0.29, 0.717) is 16.9 Å². The van der Waals surface area contributed by atoms with Crippen molar-refractivity contribution < 1.29 is 13.2 Å². The van der Waals surface area contributed by atoms with E-state index in [-0.39, 0.29) is 11.7 Å². The summed E-state index contributed by atoms with van der Waals surface area (Å²) in [6, 6.07) is 2.98. The molecule has 2 aromatic rings. The van der Waals surface area contributed by atoms with Crippen LogP contribution < -0.4 is 11.1 Å². The quantitative estimate of drug-likeness (QED) is 0.854. The maximum atomic E-state index is 12.8. The third-order valence-corrected chi connectivity index (χ3v) is 3.06. The summed E-state index contributed by atoms with van der Waals surface area (Å²) in [4.78, 5) is 0. The molecule has 0 aliphatic carbocycles. The zero-order valence-electron chi connectivity index (χ0n) is 11.6. The Morgan fingerprint density at radius 3 is 2.71 bits per heavy atom. The molecule has 6 nitrogen and oxygen atoms in total. The molecule has 3 N–H and O–H groups in total. The van der Waals surface area contributed by atoms with E-state index in [2.05, 4.69) is 27.5 Å². The van der Waals surface area contributed by atoms with Crippen molar-refractivity contribution in [2.45, 2.75) is 38.4 Å². The maximum absolute atomic E-state index is 12.8. The Morgan fingerprint density at radius 2 is 2.10 bits per heavy atom. The number of halogens is 3. The Morgan fingerprint density at radius 1 is 1.33 bits per heavy atom. The topological polar surface area (TPSA) is 81.1 Å². The van der Waals surface area contributed by atoms with Crippen molar-refractivity contribution in [1.82, 2.24) is 19.8 Å². The zero-order chi connectivity index (χ0) is 15.5. The first-order valence-corrected chi connectivity index (χ1v) is 6.72. The average molecular weight is 302 g/mol. The van der Waals surface area contributed by atoms with Gasteiger partial charge in [-0.15, -0.1) is 15.3 Å². The molecule has 0 fully saturated rings. The minimum Gasteiger partial charge on any atom is -0.365 e. The highest BCUT2D eigenvalue weighted by Gasteiger charge is 2.37. The van der Waals surface area contributed by atoms with Crippen LogP contribution >= 0.6 is 0 Å². The Bertz CT molecular complexity index is 594. The number of hydrogen-bond acceptors (Lipinski definition) is 5. The second kappa shape index (κ2) is 6.25. The fraction of sp³-hybridized carbons (Fsp3) is 0.583. The van der Waals surface area contributed by atoms with Crippen LogP contribution in [-0.4, -0.2) is 32.4 Å². The van der Waals surface area contributed by atoms with Gasteiger partial charge >= 0.3 is 6.18 Å². The number of nitrogens with two attached hydrogens (primary N) is 1. The van der Waals surface area contributed by atoms with Gasteiger partial charge in [-0.05, 0) is 18.6 Å². The summed E-state index contributed by atoms with van der Waals surface area (Å²) >= 11 is 0. The third-order valence-electron chi connectivity index (χ3n) is 3.06. The van der Waals surface area contributed by atoms with E-state index in [1.165, 1.54) is 6.07 Å². The van der Waals surface area contributed by atoms with Crippen molar-refractivity contribution in [2.75, 3.05) is 11.9 Å². The smallest absolute Gasteiger partial charge is 0.365 e. The van der Waals surface area contributed by atoms with E-state index in [0.717, 1.165) is 19.3 Å². The van der Waals surface area contributed by atoms with Crippen molar-refractivity contribution >= 4 is 11.5 Å². The van der Waals surface area contributed by atoms with Crippen LogP contribution in [0.1, 0.15) is 32.0 Å². The fourth-order valence-electron chi connectivity index (χ4n) is 1.95. The number of nitrogens with zero attached hydrogens (tertiary/aromatic N) is 4. The number of hydrogen-bond donors (Lipinski definition) is 2. The Kier molecular flexibility index (Phi) is 4.61. The second-order valence-electron chi connectivity index (χ2n) is 4.73. The molecule has 1 atom stereocenters. The largest absolute Gasteiger partial charge is 0.453 e. The van der Waals surface area contributed by atoms with Gasteiger partial charge in [-0.2, -0.15) is 17.7 Å². The van der Waals surface area contributed by atoms with Crippen LogP contribution in [0.25, 0.3) is 5.65 Å². The van der Waals surface area contributed by atoms with Gasteiger partial charge in [0.05, 0.1) is 0 Å². The van der Waals surface area contributed by atoms with Crippen LogP contribution in [0.2, 0.25) is 0 Å². The average Bonchev–Trinajstić information content (AvgIpc) is 2.86. The molecule has 0 saturated carbocycles. The van der Waals surface area contributed by atoms with Gasteiger partial charge in [0, 0.05) is 12.6 Å². The number of nitrogens with one attached hydrogen (secondary N) is 1. The van der Waals surface area contributed by atoms with Crippen LogP contribution in [0.5, 0.6) is 0 Å². The number of alkyl halides is 3. The van der Waals surface area contributed by atoms with Crippen LogP contribution in [0, 0.1) is 0 Å². The molecule has 2 aromatic heterocycles. The third kappa shape index (κ3) is 3.60. The number of fused-ring (bicyclic) bond motifs is 1. The SMILES string of the molecule is CCCCC(CN)Nc1ccc2nnc(C(F)(F)F)n2n1. The van der Waals surface area contributed by atoms with Crippen LogP contribution in [0.3, 0.4) is 0 Å². The van der Waals surface area contributed by atoms with E-state index in [4.69, 9.17) is 5.73 Å². The molecule has 116 valence electrons. The molecule has 0 aliphatic rings. The maximum Gasteiger partial charge on any atom is 0.453 e. The van der Waals surface area contributed by atoms with Crippen LogP contribution in [0.4, 0.5) is 19.0 Å². The highest BCUT2D eigenvalue weighted by Crippen LogP contribution is 2.27. The molecule has 0 amide bonds. The highest BCUT2D eigenvalue weighted by atomic mass is 19.4. The van der Waals surface area contributed by atoms with Gasteiger partial charge in [0.1, 0.15) is 5.82 Å². The van der Waals surface area contributed by atoms with Gasteiger partial charge < -0.3 is 11.1 Å². The Balaban J connectivity index is 2.25. The summed E-state index contributed by atoms with van der Waals surface area (Å²) in [6.45, 7) is 2.44. The summed E-state index contributed by atoms with van der Waals surface area (Å²) in [5.74, 6) is -0.821. The fourth-order valence-corrected chi connectivity index (χ4v) is 1.95. The first kappa shape index (κ1) is 15.5. The number of unbranched alkanes of at least 4 members (excludes halogenated alkanes) is 1. The van der Waals surface area contributed by atoms with E-state index < -0.39 is 12.0 Å². The lowest BCUT2D eigenvalue weighted by Crippen LogP contribution is -2.29. The number of anilines is 1. The van der Waals surface area contributed by atoms with Crippen molar-refractivity contribution in [3.8, 4) is 0 Å². The normalized spacial score (nSPS) is 13.6. The van der Waals surface area contributed by atoms with Crippen molar-refractivity contribution in [3.63, 3.8) is 0 Å². The van der Waals surface area contributed by atoms with Crippen molar-refractivity contribution in [2.24, 2.45) is 5.73 Å². The lowest BCUT2D eigenvalue weighted by molar-refractivity contribution is -0.146. The lowest BCUT2D eigenvalue weighted by atomic mass is 10.1. The van der Waals surface area contributed by atoms with Crippen LogP contribution in [0.15, 0.2) is 12.1 Å².